The molecule has 158 valence electrons. The largest absolute Gasteiger partial charge is 0.508 e. The van der Waals surface area contributed by atoms with Crippen molar-refractivity contribution in [2.45, 2.75) is 27.3 Å². The number of rotatable bonds is 4. The molecule has 0 saturated carbocycles. The molecule has 4 rings (SSSR count). The number of nitrogens with zero attached hydrogens (tertiary/aromatic N) is 2. The standard InChI is InChI=1S/C28H24N2O2/c1-18-5-6-24(19(2)15-18)17-30-26(16-20(3)27(29-4)28(30)32)23-9-7-21(8-10-23)22-11-13-25(31)14-12-22/h5-16,31H,17H2,1-3H3. The number of phenols is 1. The van der Waals surface area contributed by atoms with E-state index in [1.54, 1.807) is 16.7 Å². The van der Waals surface area contributed by atoms with E-state index in [9.17, 15) is 9.90 Å². The number of benzene rings is 3. The molecule has 0 radical (unpaired) electrons. The third-order valence-corrected chi connectivity index (χ3v) is 5.78. The predicted octanol–water partition coefficient (Wildman–Crippen LogP) is 6.41. The summed E-state index contributed by atoms with van der Waals surface area (Å²) in [6.45, 7) is 13.8. The summed E-state index contributed by atoms with van der Waals surface area (Å²) >= 11 is 0. The van der Waals surface area contributed by atoms with Crippen LogP contribution in [0.2, 0.25) is 0 Å². The Bertz CT molecular complexity index is 1390. The number of pyridine rings is 1. The molecule has 4 aromatic rings. The highest BCUT2D eigenvalue weighted by atomic mass is 16.3. The van der Waals surface area contributed by atoms with E-state index in [1.807, 2.05) is 75.4 Å². The molecule has 1 heterocycles. The highest BCUT2D eigenvalue weighted by molar-refractivity contribution is 5.71. The summed E-state index contributed by atoms with van der Waals surface area (Å²) in [4.78, 5) is 16.7. The monoisotopic (exact) mass is 420 g/mol. The van der Waals surface area contributed by atoms with Gasteiger partial charge in [-0.1, -0.05) is 60.2 Å². The van der Waals surface area contributed by atoms with Gasteiger partial charge in [0.2, 0.25) is 0 Å². The lowest BCUT2D eigenvalue weighted by atomic mass is 10.0. The fourth-order valence-electron chi connectivity index (χ4n) is 3.97. The molecule has 0 bridgehead atoms. The fourth-order valence-corrected chi connectivity index (χ4v) is 3.97. The molecule has 0 atom stereocenters. The van der Waals surface area contributed by atoms with Crippen molar-refractivity contribution in [3.8, 4) is 28.1 Å². The number of aromatic hydroxyl groups is 1. The van der Waals surface area contributed by atoms with Crippen LogP contribution in [-0.4, -0.2) is 9.67 Å². The third kappa shape index (κ3) is 4.06. The second kappa shape index (κ2) is 8.56. The van der Waals surface area contributed by atoms with Crippen LogP contribution in [0.4, 0.5) is 5.69 Å². The minimum atomic E-state index is -0.266. The number of phenolic OH excluding ortho intramolecular Hbond substituents is 1. The van der Waals surface area contributed by atoms with E-state index in [1.165, 1.54) is 5.56 Å². The highest BCUT2D eigenvalue weighted by Gasteiger charge is 2.15. The maximum atomic E-state index is 13.2. The molecule has 1 N–H and O–H groups in total. The van der Waals surface area contributed by atoms with Gasteiger partial charge < -0.3 is 9.67 Å². The summed E-state index contributed by atoms with van der Waals surface area (Å²) < 4.78 is 1.70. The van der Waals surface area contributed by atoms with Crippen LogP contribution in [0.5, 0.6) is 5.75 Å². The van der Waals surface area contributed by atoms with E-state index in [0.717, 1.165) is 33.5 Å². The van der Waals surface area contributed by atoms with E-state index >= 15 is 0 Å². The Morgan fingerprint density at radius 2 is 1.41 bits per heavy atom. The van der Waals surface area contributed by atoms with Crippen LogP contribution in [0.1, 0.15) is 22.3 Å². The average Bonchev–Trinajstić information content (AvgIpc) is 2.78. The Morgan fingerprint density at radius 1 is 0.812 bits per heavy atom. The molecular formula is C28H24N2O2. The molecular weight excluding hydrogens is 396 g/mol. The van der Waals surface area contributed by atoms with E-state index in [4.69, 9.17) is 6.57 Å². The Kier molecular flexibility index (Phi) is 5.66. The summed E-state index contributed by atoms with van der Waals surface area (Å²) in [6.07, 6.45) is 0. The molecule has 32 heavy (non-hydrogen) atoms. The zero-order valence-corrected chi connectivity index (χ0v) is 18.4. The Hall–Kier alpha value is -4.10. The van der Waals surface area contributed by atoms with Crippen molar-refractivity contribution in [1.82, 2.24) is 4.57 Å². The van der Waals surface area contributed by atoms with Gasteiger partial charge in [-0.05, 0) is 72.4 Å². The number of aryl methyl sites for hydroxylation is 3. The molecule has 0 aliphatic rings. The van der Waals surface area contributed by atoms with Gasteiger partial charge in [-0.3, -0.25) is 4.79 Å². The van der Waals surface area contributed by atoms with Crippen molar-refractivity contribution in [1.29, 1.82) is 0 Å². The van der Waals surface area contributed by atoms with Crippen molar-refractivity contribution in [3.05, 3.63) is 117 Å². The molecule has 0 amide bonds. The molecule has 3 aromatic carbocycles. The molecule has 4 nitrogen and oxygen atoms in total. The van der Waals surface area contributed by atoms with Crippen LogP contribution in [0.15, 0.2) is 77.6 Å². The van der Waals surface area contributed by atoms with E-state index in [2.05, 4.69) is 10.9 Å². The van der Waals surface area contributed by atoms with Crippen LogP contribution < -0.4 is 5.56 Å². The first-order chi connectivity index (χ1) is 15.4. The lowest BCUT2D eigenvalue weighted by molar-refractivity contribution is 0.475. The van der Waals surface area contributed by atoms with Crippen LogP contribution in [0.3, 0.4) is 0 Å². The van der Waals surface area contributed by atoms with Crippen molar-refractivity contribution in [2.24, 2.45) is 0 Å². The number of hydrogen-bond donors (Lipinski definition) is 1. The molecule has 0 aliphatic heterocycles. The summed E-state index contributed by atoms with van der Waals surface area (Å²) in [5.41, 5.74) is 7.65. The van der Waals surface area contributed by atoms with Gasteiger partial charge in [-0.15, -0.1) is 0 Å². The summed E-state index contributed by atoms with van der Waals surface area (Å²) in [5, 5.41) is 9.52. The van der Waals surface area contributed by atoms with E-state index in [-0.39, 0.29) is 17.0 Å². The van der Waals surface area contributed by atoms with Crippen molar-refractivity contribution >= 4 is 5.69 Å². The number of hydrogen-bond acceptors (Lipinski definition) is 2. The van der Waals surface area contributed by atoms with E-state index < -0.39 is 0 Å². The van der Waals surface area contributed by atoms with Gasteiger partial charge >= 0.3 is 0 Å². The maximum Gasteiger partial charge on any atom is 0.257 e. The summed E-state index contributed by atoms with van der Waals surface area (Å²) in [6, 6.07) is 23.2. The average molecular weight is 421 g/mol. The SMILES string of the molecule is [C-]#[N+]c1c(C)cc(-c2ccc(-c3ccc(O)cc3)cc2)n(Cc2ccc(C)cc2C)c1=O. The summed E-state index contributed by atoms with van der Waals surface area (Å²) in [7, 11) is 0. The molecule has 0 aliphatic carbocycles. The van der Waals surface area contributed by atoms with Crippen molar-refractivity contribution in [3.63, 3.8) is 0 Å². The topological polar surface area (TPSA) is 46.6 Å². The van der Waals surface area contributed by atoms with Crippen molar-refractivity contribution < 1.29 is 5.11 Å². The second-order valence-corrected chi connectivity index (χ2v) is 8.12. The van der Waals surface area contributed by atoms with Gasteiger partial charge in [-0.2, -0.15) is 0 Å². The lowest BCUT2D eigenvalue weighted by Gasteiger charge is -2.17. The van der Waals surface area contributed by atoms with Gasteiger partial charge in [0, 0.05) is 5.69 Å². The van der Waals surface area contributed by atoms with Crippen LogP contribution in [-0.2, 0) is 6.54 Å². The quantitative estimate of drug-likeness (QED) is 0.388. The molecule has 0 fully saturated rings. The Balaban J connectivity index is 1.82. The normalized spacial score (nSPS) is 10.7. The first kappa shape index (κ1) is 21.1. The Labute approximate surface area is 187 Å². The van der Waals surface area contributed by atoms with Gasteiger partial charge in [0.15, 0.2) is 0 Å². The lowest BCUT2D eigenvalue weighted by Crippen LogP contribution is -2.23. The molecule has 0 spiro atoms. The van der Waals surface area contributed by atoms with Crippen molar-refractivity contribution in [2.75, 3.05) is 0 Å². The second-order valence-electron chi connectivity index (χ2n) is 8.12. The van der Waals surface area contributed by atoms with Crippen LogP contribution in [0.25, 0.3) is 27.2 Å². The first-order valence-electron chi connectivity index (χ1n) is 10.5. The third-order valence-electron chi connectivity index (χ3n) is 5.78. The maximum absolute atomic E-state index is 13.2. The molecule has 0 unspecified atom stereocenters. The minimum absolute atomic E-state index is 0.166. The smallest absolute Gasteiger partial charge is 0.257 e. The summed E-state index contributed by atoms with van der Waals surface area (Å²) in [5.74, 6) is 0.233. The minimum Gasteiger partial charge on any atom is -0.508 e. The van der Waals surface area contributed by atoms with Gasteiger partial charge in [0.05, 0.1) is 13.1 Å². The van der Waals surface area contributed by atoms with Crippen LogP contribution >= 0.6 is 0 Å². The number of aromatic nitrogens is 1. The van der Waals surface area contributed by atoms with E-state index in [0.29, 0.717) is 12.1 Å². The van der Waals surface area contributed by atoms with Gasteiger partial charge in [0.1, 0.15) is 5.75 Å². The molecule has 4 heteroatoms. The fraction of sp³-hybridized carbons (Fsp3) is 0.143. The molecule has 0 saturated heterocycles. The zero-order chi connectivity index (χ0) is 22.8. The Morgan fingerprint density at radius 3 is 2.00 bits per heavy atom. The van der Waals surface area contributed by atoms with Crippen LogP contribution in [0, 0.1) is 27.3 Å². The zero-order valence-electron chi connectivity index (χ0n) is 18.4. The highest BCUT2D eigenvalue weighted by Crippen LogP contribution is 2.28. The van der Waals surface area contributed by atoms with Gasteiger partial charge in [-0.25, -0.2) is 4.85 Å². The van der Waals surface area contributed by atoms with Gasteiger partial charge in [0.25, 0.3) is 11.2 Å². The molecule has 1 aromatic heterocycles. The first-order valence-corrected chi connectivity index (χ1v) is 10.5. The predicted molar refractivity (Wildman–Crippen MR) is 129 cm³/mol.